The molecule has 0 aliphatic rings. The lowest BCUT2D eigenvalue weighted by Crippen LogP contribution is -2.09. The van der Waals surface area contributed by atoms with Crippen molar-refractivity contribution in [2.75, 3.05) is 4.90 Å². The fourth-order valence-electron chi connectivity index (χ4n) is 8.71. The Hall–Kier alpha value is -8.20. The van der Waals surface area contributed by atoms with Crippen molar-refractivity contribution in [1.82, 2.24) is 0 Å². The zero-order valence-electron chi connectivity index (χ0n) is 34.0. The van der Waals surface area contributed by atoms with Gasteiger partial charge in [0, 0.05) is 33.6 Å². The van der Waals surface area contributed by atoms with E-state index in [1.807, 2.05) is 12.1 Å². The highest BCUT2D eigenvalue weighted by Crippen LogP contribution is 2.43. The topological polar surface area (TPSA) is 16.4 Å². The number of anilines is 3. The quantitative estimate of drug-likeness (QED) is 0.145. The number of nitrogens with zero attached hydrogens (tertiary/aromatic N) is 1. The van der Waals surface area contributed by atoms with Crippen molar-refractivity contribution in [2.45, 2.75) is 0 Å². The largest absolute Gasteiger partial charge is 0.455 e. The van der Waals surface area contributed by atoms with Crippen molar-refractivity contribution in [2.24, 2.45) is 0 Å². The smallest absolute Gasteiger partial charge is 0.143 e. The lowest BCUT2D eigenvalue weighted by molar-refractivity contribution is 0.632. The summed E-state index contributed by atoms with van der Waals surface area (Å²) < 4.78 is 6.59. The summed E-state index contributed by atoms with van der Waals surface area (Å²) in [6.45, 7) is 0. The molecule has 0 radical (unpaired) electrons. The van der Waals surface area contributed by atoms with E-state index in [0.717, 1.165) is 61.6 Å². The Morgan fingerprint density at radius 1 is 0.258 bits per heavy atom. The van der Waals surface area contributed by atoms with Gasteiger partial charge < -0.3 is 9.32 Å². The second-order valence-corrected chi connectivity index (χ2v) is 15.7. The summed E-state index contributed by atoms with van der Waals surface area (Å²) in [6, 6.07) is 88.9. The fraction of sp³-hybridized carbons (Fsp3) is 0. The average molecular weight is 792 g/mol. The molecule has 11 rings (SSSR count). The summed E-state index contributed by atoms with van der Waals surface area (Å²) in [5.74, 6) is 0.879. The maximum absolute atomic E-state index is 6.59. The van der Waals surface area contributed by atoms with Crippen LogP contribution >= 0.6 is 0 Å². The van der Waals surface area contributed by atoms with E-state index in [4.69, 9.17) is 4.42 Å². The van der Waals surface area contributed by atoms with E-state index >= 15 is 0 Å². The van der Waals surface area contributed by atoms with Crippen LogP contribution in [0.15, 0.2) is 253 Å². The standard InChI is InChI=1S/C60H41NO/c1-3-13-42(14-4-1)44-27-33-54(34-28-44)61(55-35-29-45(30-36-55)49-19-11-21-51(39-49)52-26-25-43-15-7-8-18-48(43)40-52)56-37-31-46(32-38-56)50-20-12-22-53(41-50)60-59(47-16-5-2-6-17-47)57-23-9-10-24-58(57)62-60/h1-41H. The zero-order chi connectivity index (χ0) is 41.2. The van der Waals surface area contributed by atoms with Gasteiger partial charge in [-0.2, -0.15) is 0 Å². The van der Waals surface area contributed by atoms with Crippen LogP contribution in [0.1, 0.15) is 0 Å². The van der Waals surface area contributed by atoms with Gasteiger partial charge in [0.05, 0.1) is 0 Å². The first-order valence-electron chi connectivity index (χ1n) is 21.2. The Bertz CT molecular complexity index is 3310. The predicted molar refractivity (Wildman–Crippen MR) is 261 cm³/mol. The zero-order valence-corrected chi connectivity index (χ0v) is 34.0. The SMILES string of the molecule is c1ccc(-c2ccc(N(c3ccc(-c4cccc(-c5ccc6ccccc6c5)c4)cc3)c3ccc(-c4cccc(-c5oc6ccccc6c5-c5ccccc5)c4)cc3)cc2)cc1. The molecule has 0 saturated carbocycles. The van der Waals surface area contributed by atoms with Crippen molar-refractivity contribution < 1.29 is 4.42 Å². The van der Waals surface area contributed by atoms with E-state index in [0.29, 0.717) is 0 Å². The predicted octanol–water partition coefficient (Wildman–Crippen LogP) is 17.1. The van der Waals surface area contributed by atoms with Crippen LogP contribution in [0.5, 0.6) is 0 Å². The van der Waals surface area contributed by atoms with Crippen LogP contribution in [0.3, 0.4) is 0 Å². The van der Waals surface area contributed by atoms with E-state index in [1.54, 1.807) is 0 Å². The Labute approximate surface area is 362 Å². The molecule has 1 heterocycles. The Morgan fingerprint density at radius 3 is 1.27 bits per heavy atom. The van der Waals surface area contributed by atoms with Crippen molar-refractivity contribution in [3.05, 3.63) is 249 Å². The summed E-state index contributed by atoms with van der Waals surface area (Å²) in [7, 11) is 0. The van der Waals surface area contributed by atoms with Crippen LogP contribution in [-0.4, -0.2) is 0 Å². The van der Waals surface area contributed by atoms with Gasteiger partial charge in [0.15, 0.2) is 0 Å². The number of hydrogen-bond donors (Lipinski definition) is 0. The van der Waals surface area contributed by atoms with Gasteiger partial charge in [-0.1, -0.05) is 188 Å². The summed E-state index contributed by atoms with van der Waals surface area (Å²) in [5, 5.41) is 3.61. The van der Waals surface area contributed by atoms with Crippen LogP contribution in [0.25, 0.3) is 88.7 Å². The van der Waals surface area contributed by atoms with Crippen molar-refractivity contribution >= 4 is 38.8 Å². The van der Waals surface area contributed by atoms with Gasteiger partial charge in [-0.15, -0.1) is 0 Å². The molecule has 11 aromatic rings. The molecule has 0 amide bonds. The molecule has 2 heteroatoms. The molecule has 0 unspecified atom stereocenters. The van der Waals surface area contributed by atoms with E-state index in [1.165, 1.54) is 44.2 Å². The third-order valence-corrected chi connectivity index (χ3v) is 11.9. The normalized spacial score (nSPS) is 11.2. The van der Waals surface area contributed by atoms with E-state index in [9.17, 15) is 0 Å². The first-order chi connectivity index (χ1) is 30.7. The van der Waals surface area contributed by atoms with Crippen LogP contribution < -0.4 is 4.90 Å². The Kier molecular flexibility index (Phi) is 9.57. The van der Waals surface area contributed by atoms with Gasteiger partial charge in [-0.3, -0.25) is 0 Å². The van der Waals surface area contributed by atoms with Crippen molar-refractivity contribution in [1.29, 1.82) is 0 Å². The second kappa shape index (κ2) is 16.1. The van der Waals surface area contributed by atoms with E-state index in [-0.39, 0.29) is 0 Å². The maximum Gasteiger partial charge on any atom is 0.143 e. The lowest BCUT2D eigenvalue weighted by atomic mass is 9.96. The van der Waals surface area contributed by atoms with Gasteiger partial charge in [-0.05, 0) is 122 Å². The molecule has 292 valence electrons. The first kappa shape index (κ1) is 36.8. The van der Waals surface area contributed by atoms with E-state index < -0.39 is 0 Å². The van der Waals surface area contributed by atoms with Crippen LogP contribution in [0.4, 0.5) is 17.1 Å². The minimum Gasteiger partial charge on any atom is -0.455 e. The Balaban J connectivity index is 0.935. The third kappa shape index (κ3) is 7.14. The van der Waals surface area contributed by atoms with Crippen LogP contribution in [-0.2, 0) is 0 Å². The molecule has 62 heavy (non-hydrogen) atoms. The molecule has 0 spiro atoms. The summed E-state index contributed by atoms with van der Waals surface area (Å²) in [5.41, 5.74) is 16.9. The first-order valence-corrected chi connectivity index (χ1v) is 21.2. The number of rotatable bonds is 9. The Morgan fingerprint density at radius 2 is 0.661 bits per heavy atom. The van der Waals surface area contributed by atoms with Crippen molar-refractivity contribution in [3.63, 3.8) is 0 Å². The number of para-hydroxylation sites is 1. The number of furan rings is 1. The van der Waals surface area contributed by atoms with Gasteiger partial charge in [0.25, 0.3) is 0 Å². The molecule has 0 saturated heterocycles. The molecule has 1 aromatic heterocycles. The molecule has 0 bridgehead atoms. The maximum atomic E-state index is 6.59. The number of fused-ring (bicyclic) bond motifs is 2. The summed E-state index contributed by atoms with van der Waals surface area (Å²) >= 11 is 0. The molecule has 0 fully saturated rings. The van der Waals surface area contributed by atoms with Crippen LogP contribution in [0, 0.1) is 0 Å². The highest BCUT2D eigenvalue weighted by atomic mass is 16.3. The van der Waals surface area contributed by atoms with Gasteiger partial charge >= 0.3 is 0 Å². The molecule has 0 N–H and O–H groups in total. The highest BCUT2D eigenvalue weighted by Gasteiger charge is 2.19. The van der Waals surface area contributed by atoms with Gasteiger partial charge in [-0.25, -0.2) is 0 Å². The molecular weight excluding hydrogens is 751 g/mol. The molecule has 10 aromatic carbocycles. The molecule has 0 aliphatic heterocycles. The van der Waals surface area contributed by atoms with E-state index in [2.05, 4.69) is 241 Å². The molecule has 2 nitrogen and oxygen atoms in total. The summed E-state index contributed by atoms with van der Waals surface area (Å²) in [4.78, 5) is 2.34. The average Bonchev–Trinajstić information content (AvgIpc) is 3.75. The minimum absolute atomic E-state index is 0.879. The van der Waals surface area contributed by atoms with Crippen LogP contribution in [0.2, 0.25) is 0 Å². The van der Waals surface area contributed by atoms with Crippen molar-refractivity contribution in [3.8, 4) is 67.0 Å². The third-order valence-electron chi connectivity index (χ3n) is 11.9. The molecule has 0 atom stereocenters. The van der Waals surface area contributed by atoms with Gasteiger partial charge in [0.1, 0.15) is 11.3 Å². The molecule has 0 aliphatic carbocycles. The fourth-order valence-corrected chi connectivity index (χ4v) is 8.71. The minimum atomic E-state index is 0.879. The lowest BCUT2D eigenvalue weighted by Gasteiger charge is -2.26. The monoisotopic (exact) mass is 791 g/mol. The number of hydrogen-bond acceptors (Lipinski definition) is 2. The second-order valence-electron chi connectivity index (χ2n) is 15.7. The summed E-state index contributed by atoms with van der Waals surface area (Å²) in [6.07, 6.45) is 0. The molecular formula is C60H41NO. The highest BCUT2D eigenvalue weighted by molar-refractivity contribution is 6.02. The van der Waals surface area contributed by atoms with Gasteiger partial charge in [0.2, 0.25) is 0 Å². The number of benzene rings is 10.